The normalized spacial score (nSPS) is 11.5. The number of nitrogens with zero attached hydrogens (tertiary/aromatic N) is 2. The van der Waals surface area contributed by atoms with Crippen LogP contribution in [0.4, 0.5) is 5.69 Å². The van der Waals surface area contributed by atoms with E-state index in [2.05, 4.69) is 9.71 Å². The second kappa shape index (κ2) is 7.88. The van der Waals surface area contributed by atoms with Crippen LogP contribution in [0.1, 0.15) is 11.4 Å². The molecule has 7 nitrogen and oxygen atoms in total. The largest absolute Gasteiger partial charge is 0.496 e. The lowest BCUT2D eigenvalue weighted by molar-refractivity contribution is 0.411. The number of nitrogens with one attached hydrogen (secondary N) is 1. The van der Waals surface area contributed by atoms with Crippen molar-refractivity contribution >= 4 is 26.6 Å². The number of ether oxygens (including phenoxy) is 1. The predicted molar refractivity (Wildman–Crippen MR) is 121 cm³/mol. The van der Waals surface area contributed by atoms with E-state index in [9.17, 15) is 13.2 Å². The number of sulfonamides is 1. The van der Waals surface area contributed by atoms with Gasteiger partial charge in [0.05, 0.1) is 34.3 Å². The number of para-hydroxylation sites is 1. The lowest BCUT2D eigenvalue weighted by Crippen LogP contribution is -2.22. The summed E-state index contributed by atoms with van der Waals surface area (Å²) in [6.45, 7) is 3.52. The minimum Gasteiger partial charge on any atom is -0.496 e. The SMILES string of the molecule is COc1ccc(S(=O)(=O)Nc2cccc(-n3c(C)nc4ccccc4c3=O)c2)cc1C. The fourth-order valence-corrected chi connectivity index (χ4v) is 4.62. The van der Waals surface area contributed by atoms with E-state index in [0.29, 0.717) is 39.4 Å². The number of aromatic nitrogens is 2. The first-order chi connectivity index (χ1) is 14.8. The third-order valence-electron chi connectivity index (χ3n) is 4.98. The van der Waals surface area contributed by atoms with E-state index >= 15 is 0 Å². The van der Waals surface area contributed by atoms with E-state index in [1.165, 1.54) is 17.7 Å². The Morgan fingerprint density at radius 1 is 0.968 bits per heavy atom. The van der Waals surface area contributed by atoms with Crippen molar-refractivity contribution in [2.24, 2.45) is 0 Å². The molecular formula is C23H21N3O4S. The molecule has 0 amide bonds. The Labute approximate surface area is 180 Å². The zero-order valence-corrected chi connectivity index (χ0v) is 18.1. The highest BCUT2D eigenvalue weighted by atomic mass is 32.2. The molecule has 1 heterocycles. The molecule has 3 aromatic carbocycles. The molecule has 0 aliphatic carbocycles. The van der Waals surface area contributed by atoms with E-state index in [-0.39, 0.29) is 10.5 Å². The highest BCUT2D eigenvalue weighted by molar-refractivity contribution is 7.92. The summed E-state index contributed by atoms with van der Waals surface area (Å²) in [5, 5.41) is 0.493. The van der Waals surface area contributed by atoms with E-state index in [1.54, 1.807) is 68.4 Å². The van der Waals surface area contributed by atoms with E-state index in [1.807, 2.05) is 6.07 Å². The van der Waals surface area contributed by atoms with Crippen molar-refractivity contribution in [3.8, 4) is 11.4 Å². The predicted octanol–water partition coefficient (Wildman–Crippen LogP) is 3.81. The van der Waals surface area contributed by atoms with Crippen LogP contribution in [0.5, 0.6) is 5.75 Å². The Balaban J connectivity index is 1.74. The van der Waals surface area contributed by atoms with Gasteiger partial charge in [-0.15, -0.1) is 0 Å². The topological polar surface area (TPSA) is 90.3 Å². The monoisotopic (exact) mass is 435 g/mol. The summed E-state index contributed by atoms with van der Waals surface area (Å²) in [7, 11) is -2.29. The van der Waals surface area contributed by atoms with Gasteiger partial charge in [0.25, 0.3) is 15.6 Å². The number of fused-ring (bicyclic) bond motifs is 1. The first-order valence-corrected chi connectivity index (χ1v) is 11.0. The quantitative estimate of drug-likeness (QED) is 0.515. The first-order valence-electron chi connectivity index (χ1n) is 9.56. The van der Waals surface area contributed by atoms with Crippen molar-refractivity contribution in [2.45, 2.75) is 18.7 Å². The van der Waals surface area contributed by atoms with Crippen LogP contribution in [0.3, 0.4) is 0 Å². The molecule has 1 aromatic heterocycles. The number of methoxy groups -OCH3 is 1. The molecule has 0 aliphatic rings. The molecule has 158 valence electrons. The van der Waals surface area contributed by atoms with Gasteiger partial charge in [0.15, 0.2) is 0 Å². The fourth-order valence-electron chi connectivity index (χ4n) is 3.49. The number of rotatable bonds is 5. The van der Waals surface area contributed by atoms with Gasteiger partial charge in [-0.2, -0.15) is 0 Å². The summed E-state index contributed by atoms with van der Waals surface area (Å²) < 4.78 is 35.0. The van der Waals surface area contributed by atoms with Gasteiger partial charge in [0.2, 0.25) is 0 Å². The molecule has 0 bridgehead atoms. The Hall–Kier alpha value is -3.65. The Morgan fingerprint density at radius 2 is 1.74 bits per heavy atom. The fraction of sp³-hybridized carbons (Fsp3) is 0.130. The number of benzene rings is 3. The van der Waals surface area contributed by atoms with E-state index in [0.717, 1.165) is 0 Å². The maximum absolute atomic E-state index is 13.0. The van der Waals surface area contributed by atoms with Gasteiger partial charge in [-0.05, 0) is 67.9 Å². The molecule has 0 aliphatic heterocycles. The van der Waals surface area contributed by atoms with Crippen molar-refractivity contribution in [1.82, 2.24) is 9.55 Å². The highest BCUT2D eigenvalue weighted by Gasteiger charge is 2.17. The molecular weight excluding hydrogens is 414 g/mol. The summed E-state index contributed by atoms with van der Waals surface area (Å²) in [5.41, 5.74) is 1.97. The standard InChI is InChI=1S/C23H21N3O4S/c1-15-13-19(11-12-22(15)30-3)31(28,29)25-17-7-6-8-18(14-17)26-16(2)24-21-10-5-4-9-20(21)23(26)27/h4-14,25H,1-3H3. The highest BCUT2D eigenvalue weighted by Crippen LogP contribution is 2.24. The second-order valence-corrected chi connectivity index (χ2v) is 8.79. The Morgan fingerprint density at radius 3 is 2.48 bits per heavy atom. The molecule has 0 spiro atoms. The summed E-state index contributed by atoms with van der Waals surface area (Å²) >= 11 is 0. The average Bonchev–Trinajstić information content (AvgIpc) is 2.73. The molecule has 4 rings (SSSR count). The van der Waals surface area contributed by atoms with Gasteiger partial charge < -0.3 is 4.74 Å². The van der Waals surface area contributed by atoms with Crippen LogP contribution < -0.4 is 15.0 Å². The van der Waals surface area contributed by atoms with Crippen molar-refractivity contribution in [1.29, 1.82) is 0 Å². The van der Waals surface area contributed by atoms with Crippen LogP contribution in [-0.2, 0) is 10.0 Å². The zero-order valence-electron chi connectivity index (χ0n) is 17.3. The number of anilines is 1. The smallest absolute Gasteiger partial charge is 0.265 e. The zero-order chi connectivity index (χ0) is 22.2. The Kier molecular flexibility index (Phi) is 5.24. The lowest BCUT2D eigenvalue weighted by Gasteiger charge is -2.14. The number of hydrogen-bond acceptors (Lipinski definition) is 5. The van der Waals surface area contributed by atoms with Crippen LogP contribution in [0.25, 0.3) is 16.6 Å². The summed E-state index contributed by atoms with van der Waals surface area (Å²) in [4.78, 5) is 17.7. The molecule has 31 heavy (non-hydrogen) atoms. The van der Waals surface area contributed by atoms with Crippen LogP contribution >= 0.6 is 0 Å². The third-order valence-corrected chi connectivity index (χ3v) is 6.36. The lowest BCUT2D eigenvalue weighted by atomic mass is 10.2. The van der Waals surface area contributed by atoms with Gasteiger partial charge in [0, 0.05) is 0 Å². The summed E-state index contributed by atoms with van der Waals surface area (Å²) in [5.74, 6) is 1.12. The summed E-state index contributed by atoms with van der Waals surface area (Å²) in [6, 6.07) is 18.4. The van der Waals surface area contributed by atoms with E-state index in [4.69, 9.17) is 4.74 Å². The second-order valence-electron chi connectivity index (χ2n) is 7.10. The molecule has 8 heteroatoms. The third kappa shape index (κ3) is 3.89. The maximum Gasteiger partial charge on any atom is 0.265 e. The van der Waals surface area contributed by atoms with Gasteiger partial charge >= 0.3 is 0 Å². The molecule has 0 atom stereocenters. The minimum absolute atomic E-state index is 0.122. The first kappa shape index (κ1) is 20.6. The molecule has 0 fully saturated rings. The van der Waals surface area contributed by atoms with Gasteiger partial charge in [-0.25, -0.2) is 13.4 Å². The average molecular weight is 436 g/mol. The molecule has 0 saturated heterocycles. The molecule has 1 N–H and O–H groups in total. The van der Waals surface area contributed by atoms with Crippen molar-refractivity contribution in [3.05, 3.63) is 88.5 Å². The van der Waals surface area contributed by atoms with Crippen molar-refractivity contribution in [2.75, 3.05) is 11.8 Å². The van der Waals surface area contributed by atoms with Crippen LogP contribution in [0.15, 0.2) is 76.4 Å². The maximum atomic E-state index is 13.0. The molecule has 0 saturated carbocycles. The van der Waals surface area contributed by atoms with Crippen molar-refractivity contribution in [3.63, 3.8) is 0 Å². The molecule has 4 aromatic rings. The number of hydrogen-bond donors (Lipinski definition) is 1. The van der Waals surface area contributed by atoms with Gasteiger partial charge in [0.1, 0.15) is 11.6 Å². The van der Waals surface area contributed by atoms with Gasteiger partial charge in [-0.3, -0.25) is 14.1 Å². The Bertz CT molecular complexity index is 1460. The van der Waals surface area contributed by atoms with Crippen molar-refractivity contribution < 1.29 is 13.2 Å². The van der Waals surface area contributed by atoms with Crippen LogP contribution in [-0.4, -0.2) is 25.1 Å². The van der Waals surface area contributed by atoms with E-state index < -0.39 is 10.0 Å². The molecule has 0 unspecified atom stereocenters. The van der Waals surface area contributed by atoms with Gasteiger partial charge in [-0.1, -0.05) is 18.2 Å². The van der Waals surface area contributed by atoms with Crippen LogP contribution in [0, 0.1) is 13.8 Å². The molecule has 0 radical (unpaired) electrons. The number of aryl methyl sites for hydroxylation is 2. The minimum atomic E-state index is -3.82. The van der Waals surface area contributed by atoms with Crippen LogP contribution in [0.2, 0.25) is 0 Å². The summed E-state index contributed by atoms with van der Waals surface area (Å²) in [6.07, 6.45) is 0.